The third kappa shape index (κ3) is 1.48. The van der Waals surface area contributed by atoms with Gasteiger partial charge in [-0.2, -0.15) is 11.8 Å². The van der Waals surface area contributed by atoms with Gasteiger partial charge < -0.3 is 5.11 Å². The van der Waals surface area contributed by atoms with Crippen molar-refractivity contribution in [3.63, 3.8) is 0 Å². The number of rotatable bonds is 1. The van der Waals surface area contributed by atoms with Crippen LogP contribution in [0.25, 0.3) is 0 Å². The molecule has 2 aliphatic rings. The van der Waals surface area contributed by atoms with Gasteiger partial charge in [0.2, 0.25) is 0 Å². The summed E-state index contributed by atoms with van der Waals surface area (Å²) < 4.78 is 0. The molecule has 2 heterocycles. The lowest BCUT2D eigenvalue weighted by molar-refractivity contribution is 0.0290. The summed E-state index contributed by atoms with van der Waals surface area (Å²) in [6, 6.07) is 0. The number of aliphatic hydroxyl groups is 1. The van der Waals surface area contributed by atoms with E-state index in [4.69, 9.17) is 6.42 Å². The van der Waals surface area contributed by atoms with Gasteiger partial charge in [-0.15, -0.1) is 12.3 Å². The monoisotopic (exact) mass is 182 g/mol. The third-order valence-corrected chi connectivity index (χ3v) is 4.42. The topological polar surface area (TPSA) is 20.2 Å². The van der Waals surface area contributed by atoms with Crippen molar-refractivity contribution >= 4 is 11.8 Å². The van der Waals surface area contributed by atoms with Gasteiger partial charge in [0.15, 0.2) is 0 Å². The molecule has 66 valence electrons. The fourth-order valence-electron chi connectivity index (χ4n) is 2.35. The first-order valence-electron chi connectivity index (χ1n) is 4.53. The van der Waals surface area contributed by atoms with E-state index in [9.17, 15) is 5.11 Å². The highest BCUT2D eigenvalue weighted by Crippen LogP contribution is 2.48. The molecule has 2 bridgehead atoms. The van der Waals surface area contributed by atoms with E-state index in [1.807, 2.05) is 0 Å². The lowest BCUT2D eigenvalue weighted by Crippen LogP contribution is -2.36. The van der Waals surface area contributed by atoms with Crippen molar-refractivity contribution in [2.45, 2.75) is 48.2 Å². The molecule has 2 rings (SSSR count). The molecular formula is C10H14OS. The molecule has 0 spiro atoms. The minimum atomic E-state index is -0.522. The largest absolute Gasteiger partial charge is 0.389 e. The molecule has 0 amide bonds. The van der Waals surface area contributed by atoms with Crippen LogP contribution in [0.5, 0.6) is 0 Å². The van der Waals surface area contributed by atoms with Gasteiger partial charge in [0, 0.05) is 16.9 Å². The van der Waals surface area contributed by atoms with Crippen LogP contribution in [0, 0.1) is 12.3 Å². The Hall–Kier alpha value is -0.130. The van der Waals surface area contributed by atoms with Crippen LogP contribution in [-0.4, -0.2) is 21.2 Å². The van der Waals surface area contributed by atoms with E-state index in [1.165, 1.54) is 12.8 Å². The van der Waals surface area contributed by atoms with Gasteiger partial charge in [-0.25, -0.2) is 0 Å². The quantitative estimate of drug-likeness (QED) is 0.624. The van der Waals surface area contributed by atoms with Crippen LogP contribution in [0.4, 0.5) is 0 Å². The second kappa shape index (κ2) is 2.97. The number of hydrogen-bond donors (Lipinski definition) is 1. The normalized spacial score (nSPS) is 45.7. The summed E-state index contributed by atoms with van der Waals surface area (Å²) in [6.45, 7) is 0. The van der Waals surface area contributed by atoms with Gasteiger partial charge in [0.05, 0.1) is 5.60 Å². The van der Waals surface area contributed by atoms with E-state index in [0.717, 1.165) is 12.8 Å². The van der Waals surface area contributed by atoms with Gasteiger partial charge in [-0.05, 0) is 25.7 Å². The van der Waals surface area contributed by atoms with Crippen LogP contribution < -0.4 is 0 Å². The van der Waals surface area contributed by atoms with Crippen molar-refractivity contribution in [1.82, 2.24) is 0 Å². The van der Waals surface area contributed by atoms with Crippen LogP contribution in [0.2, 0.25) is 0 Å². The molecule has 2 fully saturated rings. The van der Waals surface area contributed by atoms with E-state index >= 15 is 0 Å². The molecule has 0 aliphatic carbocycles. The first-order chi connectivity index (χ1) is 5.72. The molecule has 2 unspecified atom stereocenters. The molecule has 2 saturated heterocycles. The Bertz CT molecular complexity index is 206. The standard InChI is InChI=1S/C10H14OS/c1-2-5-10(11)6-8-3-4-9(7-10)12-8/h1,8-9,11H,3-7H2. The second-order valence-corrected chi connectivity index (χ2v) is 5.58. The van der Waals surface area contributed by atoms with Crippen LogP contribution in [0.1, 0.15) is 32.1 Å². The highest BCUT2D eigenvalue weighted by Gasteiger charge is 2.42. The molecule has 0 aromatic carbocycles. The van der Waals surface area contributed by atoms with E-state index in [1.54, 1.807) is 0 Å². The Morgan fingerprint density at radius 2 is 2.00 bits per heavy atom. The average molecular weight is 182 g/mol. The summed E-state index contributed by atoms with van der Waals surface area (Å²) in [7, 11) is 0. The number of hydrogen-bond acceptors (Lipinski definition) is 2. The molecule has 0 radical (unpaired) electrons. The van der Waals surface area contributed by atoms with Crippen molar-refractivity contribution in [2.24, 2.45) is 0 Å². The van der Waals surface area contributed by atoms with E-state index in [0.29, 0.717) is 16.9 Å². The summed E-state index contributed by atoms with van der Waals surface area (Å²) in [6.07, 6.45) is 10.2. The molecule has 1 N–H and O–H groups in total. The molecule has 12 heavy (non-hydrogen) atoms. The minimum Gasteiger partial charge on any atom is -0.389 e. The lowest BCUT2D eigenvalue weighted by Gasteiger charge is -2.34. The summed E-state index contributed by atoms with van der Waals surface area (Å²) >= 11 is 2.05. The van der Waals surface area contributed by atoms with Crippen molar-refractivity contribution < 1.29 is 5.11 Å². The maximum absolute atomic E-state index is 10.1. The molecule has 2 aliphatic heterocycles. The first-order valence-corrected chi connectivity index (χ1v) is 5.47. The Balaban J connectivity index is 2.06. The van der Waals surface area contributed by atoms with Crippen molar-refractivity contribution in [2.75, 3.05) is 0 Å². The number of fused-ring (bicyclic) bond motifs is 2. The lowest BCUT2D eigenvalue weighted by atomic mass is 9.90. The first kappa shape index (κ1) is 8.47. The third-order valence-electron chi connectivity index (χ3n) is 2.84. The highest BCUT2D eigenvalue weighted by atomic mass is 32.2. The minimum absolute atomic E-state index is 0.522. The average Bonchev–Trinajstić information content (AvgIpc) is 2.31. The Morgan fingerprint density at radius 1 is 1.42 bits per heavy atom. The highest BCUT2D eigenvalue weighted by molar-refractivity contribution is 8.00. The molecule has 2 heteroatoms. The van der Waals surface area contributed by atoms with Crippen molar-refractivity contribution in [3.8, 4) is 12.3 Å². The van der Waals surface area contributed by atoms with Gasteiger partial charge in [0.25, 0.3) is 0 Å². The van der Waals surface area contributed by atoms with Gasteiger partial charge in [0.1, 0.15) is 0 Å². The van der Waals surface area contributed by atoms with E-state index in [2.05, 4.69) is 17.7 Å². The maximum Gasteiger partial charge on any atom is 0.0777 e. The fraction of sp³-hybridized carbons (Fsp3) is 0.800. The predicted molar refractivity (Wildman–Crippen MR) is 52.0 cm³/mol. The van der Waals surface area contributed by atoms with E-state index < -0.39 is 5.60 Å². The predicted octanol–water partition coefficient (Wildman–Crippen LogP) is 1.80. The summed E-state index contributed by atoms with van der Waals surface area (Å²) in [4.78, 5) is 0. The molecule has 0 saturated carbocycles. The Kier molecular flexibility index (Phi) is 2.10. The van der Waals surface area contributed by atoms with Crippen molar-refractivity contribution in [3.05, 3.63) is 0 Å². The zero-order valence-corrected chi connectivity index (χ0v) is 7.94. The number of thioether (sulfide) groups is 1. The summed E-state index contributed by atoms with van der Waals surface area (Å²) in [5.74, 6) is 2.59. The van der Waals surface area contributed by atoms with E-state index in [-0.39, 0.29) is 0 Å². The molecule has 0 aromatic heterocycles. The van der Waals surface area contributed by atoms with Crippen LogP contribution in [0.15, 0.2) is 0 Å². The Morgan fingerprint density at radius 3 is 2.50 bits per heavy atom. The number of terminal acetylenes is 1. The smallest absolute Gasteiger partial charge is 0.0777 e. The van der Waals surface area contributed by atoms with Crippen LogP contribution in [0.3, 0.4) is 0 Å². The molecule has 1 nitrogen and oxygen atoms in total. The maximum atomic E-state index is 10.1. The fourth-order valence-corrected chi connectivity index (χ4v) is 4.25. The SMILES string of the molecule is C#CCC1(O)CC2CCC(C1)S2. The summed E-state index contributed by atoms with van der Waals surface area (Å²) in [5, 5.41) is 11.5. The van der Waals surface area contributed by atoms with Gasteiger partial charge in [-0.3, -0.25) is 0 Å². The van der Waals surface area contributed by atoms with Crippen LogP contribution >= 0.6 is 11.8 Å². The zero-order chi connectivity index (χ0) is 8.60. The zero-order valence-electron chi connectivity index (χ0n) is 7.12. The summed E-state index contributed by atoms with van der Waals surface area (Å²) in [5.41, 5.74) is -0.522. The molecule has 0 aromatic rings. The second-order valence-electron chi connectivity index (χ2n) is 3.97. The van der Waals surface area contributed by atoms with Crippen molar-refractivity contribution in [1.29, 1.82) is 0 Å². The molecular weight excluding hydrogens is 168 g/mol. The van der Waals surface area contributed by atoms with Crippen LogP contribution in [-0.2, 0) is 0 Å². The molecule has 2 atom stereocenters. The van der Waals surface area contributed by atoms with Gasteiger partial charge >= 0.3 is 0 Å². The Labute approximate surface area is 77.9 Å². The van der Waals surface area contributed by atoms with Gasteiger partial charge in [-0.1, -0.05) is 0 Å².